The minimum Gasteiger partial charge on any atom is -0.378 e. The Morgan fingerprint density at radius 1 is 0.967 bits per heavy atom. The number of nitrogens with zero attached hydrogens (tertiary/aromatic N) is 5. The van der Waals surface area contributed by atoms with Gasteiger partial charge in [-0.15, -0.1) is 0 Å². The third kappa shape index (κ3) is 5.27. The van der Waals surface area contributed by atoms with E-state index in [-0.39, 0.29) is 5.91 Å². The van der Waals surface area contributed by atoms with Gasteiger partial charge in [0.15, 0.2) is 0 Å². The molecule has 2 aliphatic rings. The van der Waals surface area contributed by atoms with Gasteiger partial charge in [0.05, 0.1) is 13.2 Å². The quantitative estimate of drug-likeness (QED) is 0.730. The van der Waals surface area contributed by atoms with Crippen LogP contribution in [0.25, 0.3) is 0 Å². The highest BCUT2D eigenvalue weighted by Crippen LogP contribution is 2.20. The van der Waals surface area contributed by atoms with Gasteiger partial charge in [-0.2, -0.15) is 4.98 Å². The summed E-state index contributed by atoms with van der Waals surface area (Å²) in [6.07, 6.45) is 2.47. The molecule has 160 valence electrons. The van der Waals surface area contributed by atoms with Crippen LogP contribution in [0, 0.1) is 6.92 Å². The summed E-state index contributed by atoms with van der Waals surface area (Å²) in [5.41, 5.74) is 2.27. The molecule has 1 aromatic heterocycles. The highest BCUT2D eigenvalue weighted by molar-refractivity contribution is 5.76. The summed E-state index contributed by atoms with van der Waals surface area (Å²) in [5.74, 6) is 2.01. The van der Waals surface area contributed by atoms with E-state index in [0.717, 1.165) is 82.8 Å². The molecule has 1 aromatic carbocycles. The minimum atomic E-state index is 0.262. The molecule has 0 aliphatic carbocycles. The van der Waals surface area contributed by atoms with Crippen LogP contribution < -0.4 is 9.80 Å². The van der Waals surface area contributed by atoms with E-state index in [2.05, 4.69) is 39.0 Å². The molecular formula is C23H31N5O2. The van der Waals surface area contributed by atoms with Crippen molar-refractivity contribution < 1.29 is 9.53 Å². The summed E-state index contributed by atoms with van der Waals surface area (Å²) in [4.78, 5) is 28.5. The highest BCUT2D eigenvalue weighted by atomic mass is 16.5. The molecule has 0 atom stereocenters. The third-order valence-electron chi connectivity index (χ3n) is 5.78. The minimum absolute atomic E-state index is 0.262. The first-order valence-corrected chi connectivity index (χ1v) is 10.9. The van der Waals surface area contributed by atoms with Crippen LogP contribution in [-0.2, 0) is 16.0 Å². The average molecular weight is 410 g/mol. The first-order chi connectivity index (χ1) is 14.7. The Hall–Kier alpha value is -2.67. The average Bonchev–Trinajstić information content (AvgIpc) is 2.80. The summed E-state index contributed by atoms with van der Waals surface area (Å²) >= 11 is 0. The van der Waals surface area contributed by atoms with E-state index in [1.165, 1.54) is 5.56 Å². The number of ether oxygens (including phenoxy) is 1. The van der Waals surface area contributed by atoms with Crippen molar-refractivity contribution in [2.45, 2.75) is 26.2 Å². The summed E-state index contributed by atoms with van der Waals surface area (Å²) < 4.78 is 5.44. The molecule has 4 rings (SSSR count). The van der Waals surface area contributed by atoms with Gasteiger partial charge in [0.1, 0.15) is 5.82 Å². The molecule has 0 saturated carbocycles. The molecule has 1 amide bonds. The number of carbonyl (C=O) groups is 1. The molecule has 0 spiro atoms. The number of piperazine rings is 1. The van der Waals surface area contributed by atoms with E-state index in [1.54, 1.807) is 0 Å². The largest absolute Gasteiger partial charge is 0.378 e. The Labute approximate surface area is 178 Å². The summed E-state index contributed by atoms with van der Waals surface area (Å²) in [5, 5.41) is 0. The number of benzene rings is 1. The van der Waals surface area contributed by atoms with Gasteiger partial charge in [-0.3, -0.25) is 4.79 Å². The number of aryl methyl sites for hydroxylation is 2. The zero-order valence-electron chi connectivity index (χ0n) is 17.8. The van der Waals surface area contributed by atoms with Crippen LogP contribution in [0.5, 0.6) is 0 Å². The normalized spacial score (nSPS) is 17.3. The maximum atomic E-state index is 12.6. The van der Waals surface area contributed by atoms with Gasteiger partial charge in [0.2, 0.25) is 11.9 Å². The van der Waals surface area contributed by atoms with E-state index < -0.39 is 0 Å². The summed E-state index contributed by atoms with van der Waals surface area (Å²) in [6.45, 7) is 8.23. The Balaban J connectivity index is 1.28. The van der Waals surface area contributed by atoms with E-state index in [4.69, 9.17) is 9.72 Å². The molecule has 7 heteroatoms. The third-order valence-corrected chi connectivity index (χ3v) is 5.78. The fourth-order valence-electron chi connectivity index (χ4n) is 4.03. The van der Waals surface area contributed by atoms with Crippen molar-refractivity contribution in [1.82, 2.24) is 14.9 Å². The van der Waals surface area contributed by atoms with Crippen molar-refractivity contribution in [1.29, 1.82) is 0 Å². The molecule has 2 saturated heterocycles. The van der Waals surface area contributed by atoms with Gasteiger partial charge < -0.3 is 19.4 Å². The van der Waals surface area contributed by atoms with Crippen molar-refractivity contribution in [3.8, 4) is 0 Å². The maximum absolute atomic E-state index is 12.6. The van der Waals surface area contributed by atoms with Crippen LogP contribution in [0.15, 0.2) is 36.4 Å². The second-order valence-electron chi connectivity index (χ2n) is 7.97. The van der Waals surface area contributed by atoms with E-state index in [1.807, 2.05) is 24.0 Å². The van der Waals surface area contributed by atoms with Crippen molar-refractivity contribution in [3.63, 3.8) is 0 Å². The summed E-state index contributed by atoms with van der Waals surface area (Å²) in [6, 6.07) is 12.4. The number of morpholine rings is 1. The lowest BCUT2D eigenvalue weighted by atomic mass is 10.1. The molecule has 2 fully saturated rings. The highest BCUT2D eigenvalue weighted by Gasteiger charge is 2.23. The molecule has 0 N–H and O–H groups in total. The van der Waals surface area contributed by atoms with Gasteiger partial charge in [0, 0.05) is 57.4 Å². The molecule has 3 heterocycles. The van der Waals surface area contributed by atoms with Crippen LogP contribution in [0.1, 0.15) is 24.1 Å². The predicted molar refractivity (Wildman–Crippen MR) is 118 cm³/mol. The van der Waals surface area contributed by atoms with Gasteiger partial charge in [-0.1, -0.05) is 30.3 Å². The molecule has 7 nitrogen and oxygen atoms in total. The molecule has 30 heavy (non-hydrogen) atoms. The Bertz CT molecular complexity index is 831. The van der Waals surface area contributed by atoms with Gasteiger partial charge >= 0.3 is 0 Å². The number of rotatable bonds is 6. The van der Waals surface area contributed by atoms with Gasteiger partial charge in [-0.25, -0.2) is 4.98 Å². The number of amides is 1. The van der Waals surface area contributed by atoms with Gasteiger partial charge in [0.25, 0.3) is 0 Å². The van der Waals surface area contributed by atoms with Crippen LogP contribution in [-0.4, -0.2) is 73.3 Å². The molecule has 2 aromatic rings. The fourth-order valence-corrected chi connectivity index (χ4v) is 4.03. The van der Waals surface area contributed by atoms with Crippen molar-refractivity contribution >= 4 is 17.7 Å². The predicted octanol–water partition coefficient (Wildman–Crippen LogP) is 2.29. The topological polar surface area (TPSA) is 61.8 Å². The number of carbonyl (C=O) groups excluding carboxylic acids is 1. The standard InChI is InChI=1S/C23H31N5O2/c1-19-18-21(25-23(24-19)28-14-16-30-17-15-28)26-10-12-27(13-11-26)22(29)9-5-8-20-6-3-2-4-7-20/h2-4,6-7,18H,5,8-17H2,1H3. The Kier molecular flexibility index (Phi) is 6.79. The number of aromatic nitrogens is 2. The SMILES string of the molecule is Cc1cc(N2CCN(C(=O)CCCc3ccccc3)CC2)nc(N2CCOCC2)n1. The Morgan fingerprint density at radius 3 is 2.43 bits per heavy atom. The van der Waals surface area contributed by atoms with E-state index in [0.29, 0.717) is 6.42 Å². The van der Waals surface area contributed by atoms with Crippen LogP contribution in [0.3, 0.4) is 0 Å². The molecule has 0 bridgehead atoms. The zero-order valence-corrected chi connectivity index (χ0v) is 17.8. The second-order valence-corrected chi connectivity index (χ2v) is 7.97. The first-order valence-electron chi connectivity index (χ1n) is 10.9. The van der Waals surface area contributed by atoms with Crippen LogP contribution in [0.2, 0.25) is 0 Å². The Morgan fingerprint density at radius 2 is 1.70 bits per heavy atom. The van der Waals surface area contributed by atoms with Crippen molar-refractivity contribution in [2.24, 2.45) is 0 Å². The first kappa shape index (κ1) is 20.6. The monoisotopic (exact) mass is 409 g/mol. The van der Waals surface area contributed by atoms with Crippen LogP contribution in [0.4, 0.5) is 11.8 Å². The molecular weight excluding hydrogens is 378 g/mol. The number of hydrogen-bond donors (Lipinski definition) is 0. The molecule has 2 aliphatic heterocycles. The number of hydrogen-bond acceptors (Lipinski definition) is 6. The van der Waals surface area contributed by atoms with Crippen molar-refractivity contribution in [3.05, 3.63) is 47.7 Å². The summed E-state index contributed by atoms with van der Waals surface area (Å²) in [7, 11) is 0. The van der Waals surface area contributed by atoms with E-state index in [9.17, 15) is 4.79 Å². The smallest absolute Gasteiger partial charge is 0.227 e. The lowest BCUT2D eigenvalue weighted by molar-refractivity contribution is -0.131. The molecule has 0 radical (unpaired) electrons. The fraction of sp³-hybridized carbons (Fsp3) is 0.522. The van der Waals surface area contributed by atoms with E-state index >= 15 is 0 Å². The molecule has 0 unspecified atom stereocenters. The second kappa shape index (κ2) is 9.89. The lowest BCUT2D eigenvalue weighted by Gasteiger charge is -2.36. The number of anilines is 2. The van der Waals surface area contributed by atoms with Crippen molar-refractivity contribution in [2.75, 3.05) is 62.3 Å². The zero-order chi connectivity index (χ0) is 20.8. The maximum Gasteiger partial charge on any atom is 0.227 e. The van der Waals surface area contributed by atoms with Gasteiger partial charge in [-0.05, 0) is 25.3 Å². The van der Waals surface area contributed by atoms with Crippen LogP contribution >= 0.6 is 0 Å². The lowest BCUT2D eigenvalue weighted by Crippen LogP contribution is -2.49.